The molecule has 0 fully saturated rings. The summed E-state index contributed by atoms with van der Waals surface area (Å²) in [6.07, 6.45) is 4.16. The Morgan fingerprint density at radius 3 is 2.52 bits per heavy atom. The van der Waals surface area contributed by atoms with E-state index in [0.717, 1.165) is 34.3 Å². The van der Waals surface area contributed by atoms with E-state index in [1.54, 1.807) is 11.8 Å². The van der Waals surface area contributed by atoms with Crippen molar-refractivity contribution in [2.75, 3.05) is 18.0 Å². The van der Waals surface area contributed by atoms with Gasteiger partial charge in [0.25, 0.3) is 0 Å². The molecule has 2 heterocycles. The van der Waals surface area contributed by atoms with Crippen LogP contribution in [0.5, 0.6) is 0 Å². The topological polar surface area (TPSA) is 26.7 Å². The van der Waals surface area contributed by atoms with E-state index in [1.165, 1.54) is 0 Å². The molecule has 2 aliphatic heterocycles. The SMILES string of the molecule is CC(O)(N1CC=CC1)N1c2ccccc2Sc2ccc(Cl)cc21. The minimum Gasteiger partial charge on any atom is -0.358 e. The van der Waals surface area contributed by atoms with Crippen molar-refractivity contribution in [3.63, 3.8) is 0 Å². The normalized spacial score (nSPS) is 19.3. The van der Waals surface area contributed by atoms with Crippen LogP contribution in [0.2, 0.25) is 5.02 Å². The van der Waals surface area contributed by atoms with Gasteiger partial charge in [-0.25, -0.2) is 0 Å². The van der Waals surface area contributed by atoms with Gasteiger partial charge in [0.2, 0.25) is 0 Å². The molecule has 2 aromatic rings. The second-order valence-electron chi connectivity index (χ2n) is 5.86. The fourth-order valence-corrected chi connectivity index (χ4v) is 4.35. The first kappa shape index (κ1) is 15.1. The highest BCUT2D eigenvalue weighted by Crippen LogP contribution is 2.51. The molecule has 0 saturated heterocycles. The van der Waals surface area contributed by atoms with Gasteiger partial charge in [-0.1, -0.05) is 47.6 Å². The maximum atomic E-state index is 11.4. The van der Waals surface area contributed by atoms with Crippen LogP contribution < -0.4 is 4.90 Å². The van der Waals surface area contributed by atoms with Gasteiger partial charge in [0, 0.05) is 27.9 Å². The van der Waals surface area contributed by atoms with Crippen molar-refractivity contribution in [1.82, 2.24) is 4.90 Å². The van der Waals surface area contributed by atoms with E-state index in [2.05, 4.69) is 18.2 Å². The number of rotatable bonds is 2. The maximum absolute atomic E-state index is 11.4. The predicted octanol–water partition coefficient (Wildman–Crippen LogP) is 4.48. The van der Waals surface area contributed by atoms with Crippen molar-refractivity contribution in [2.24, 2.45) is 0 Å². The lowest BCUT2D eigenvalue weighted by molar-refractivity contribution is -0.0725. The molecule has 2 aliphatic rings. The molecule has 0 bridgehead atoms. The molecule has 0 amide bonds. The van der Waals surface area contributed by atoms with Crippen molar-refractivity contribution < 1.29 is 5.11 Å². The summed E-state index contributed by atoms with van der Waals surface area (Å²) >= 11 is 7.94. The molecular formula is C18H17ClN2OS. The van der Waals surface area contributed by atoms with Crippen LogP contribution in [0.3, 0.4) is 0 Å². The summed E-state index contributed by atoms with van der Waals surface area (Å²) in [5.74, 6) is -1.14. The van der Waals surface area contributed by atoms with Crippen LogP contribution in [-0.4, -0.2) is 28.9 Å². The molecule has 0 saturated carbocycles. The highest BCUT2D eigenvalue weighted by atomic mass is 35.5. The van der Waals surface area contributed by atoms with Crippen molar-refractivity contribution >= 4 is 34.7 Å². The Hall–Kier alpha value is -1.46. The molecule has 0 aromatic heterocycles. The minimum atomic E-state index is -1.14. The van der Waals surface area contributed by atoms with Crippen molar-refractivity contribution in [1.29, 1.82) is 0 Å². The zero-order valence-electron chi connectivity index (χ0n) is 12.7. The van der Waals surface area contributed by atoms with Gasteiger partial charge in [-0.2, -0.15) is 0 Å². The smallest absolute Gasteiger partial charge is 0.199 e. The van der Waals surface area contributed by atoms with E-state index < -0.39 is 5.85 Å². The molecule has 0 aliphatic carbocycles. The Labute approximate surface area is 145 Å². The Morgan fingerprint density at radius 2 is 1.74 bits per heavy atom. The molecule has 1 unspecified atom stereocenters. The molecule has 2 aromatic carbocycles. The average Bonchev–Trinajstić information content (AvgIpc) is 3.07. The van der Waals surface area contributed by atoms with Crippen LogP contribution in [0.25, 0.3) is 0 Å². The maximum Gasteiger partial charge on any atom is 0.199 e. The molecule has 1 atom stereocenters. The van der Waals surface area contributed by atoms with E-state index in [0.29, 0.717) is 5.02 Å². The first-order valence-electron chi connectivity index (χ1n) is 7.56. The first-order chi connectivity index (χ1) is 11.1. The first-order valence-corrected chi connectivity index (χ1v) is 8.76. The van der Waals surface area contributed by atoms with Gasteiger partial charge in [-0.3, -0.25) is 9.80 Å². The van der Waals surface area contributed by atoms with Gasteiger partial charge >= 0.3 is 0 Å². The third kappa shape index (κ3) is 2.46. The van der Waals surface area contributed by atoms with Crippen LogP contribution in [0.15, 0.2) is 64.4 Å². The Bertz CT molecular complexity index is 782. The molecule has 118 valence electrons. The molecule has 5 heteroatoms. The molecule has 23 heavy (non-hydrogen) atoms. The zero-order chi connectivity index (χ0) is 16.0. The fourth-order valence-electron chi connectivity index (χ4n) is 3.15. The molecule has 1 N–H and O–H groups in total. The number of aliphatic hydroxyl groups is 1. The van der Waals surface area contributed by atoms with Crippen LogP contribution in [0.4, 0.5) is 11.4 Å². The second-order valence-corrected chi connectivity index (χ2v) is 7.38. The summed E-state index contributed by atoms with van der Waals surface area (Å²) < 4.78 is 0. The number of benzene rings is 2. The summed E-state index contributed by atoms with van der Waals surface area (Å²) in [7, 11) is 0. The number of hydrogen-bond acceptors (Lipinski definition) is 4. The van der Waals surface area contributed by atoms with Crippen LogP contribution in [0, 0.1) is 0 Å². The summed E-state index contributed by atoms with van der Waals surface area (Å²) in [4.78, 5) is 6.26. The van der Waals surface area contributed by atoms with Gasteiger partial charge in [0.15, 0.2) is 5.85 Å². The van der Waals surface area contributed by atoms with E-state index in [4.69, 9.17) is 11.6 Å². The van der Waals surface area contributed by atoms with Crippen LogP contribution in [-0.2, 0) is 0 Å². The van der Waals surface area contributed by atoms with Crippen LogP contribution >= 0.6 is 23.4 Å². The van der Waals surface area contributed by atoms with E-state index in [-0.39, 0.29) is 0 Å². The highest BCUT2D eigenvalue weighted by molar-refractivity contribution is 7.99. The predicted molar refractivity (Wildman–Crippen MR) is 95.5 cm³/mol. The van der Waals surface area contributed by atoms with Gasteiger partial charge < -0.3 is 5.11 Å². The van der Waals surface area contributed by atoms with Gasteiger partial charge in [0.1, 0.15) is 0 Å². The summed E-state index contributed by atoms with van der Waals surface area (Å²) in [5.41, 5.74) is 1.95. The number of nitrogens with zero attached hydrogens (tertiary/aromatic N) is 2. The molecule has 0 spiro atoms. The van der Waals surface area contributed by atoms with Gasteiger partial charge in [-0.05, 0) is 37.3 Å². The van der Waals surface area contributed by atoms with Gasteiger partial charge in [-0.15, -0.1) is 0 Å². The van der Waals surface area contributed by atoms with E-state index in [9.17, 15) is 5.11 Å². The van der Waals surface area contributed by atoms with Crippen LogP contribution in [0.1, 0.15) is 6.92 Å². The summed E-state index contributed by atoms with van der Waals surface area (Å²) in [6.45, 7) is 3.31. The average molecular weight is 345 g/mol. The quantitative estimate of drug-likeness (QED) is 0.812. The lowest BCUT2D eigenvalue weighted by Gasteiger charge is -2.47. The number of anilines is 2. The number of para-hydroxylation sites is 1. The lowest BCUT2D eigenvalue weighted by atomic mass is 10.1. The summed E-state index contributed by atoms with van der Waals surface area (Å²) in [6, 6.07) is 14.0. The summed E-state index contributed by atoms with van der Waals surface area (Å²) in [5, 5.41) is 12.1. The standard InChI is InChI=1S/C18H17ClN2OS/c1-18(22,20-10-4-5-11-20)21-14-6-2-3-7-16(14)23-17-9-8-13(19)12-15(17)21/h2-9,12,22H,10-11H2,1H3. The minimum absolute atomic E-state index is 0.670. The monoisotopic (exact) mass is 344 g/mol. The third-order valence-corrected chi connectivity index (χ3v) is 5.69. The Morgan fingerprint density at radius 1 is 1.04 bits per heavy atom. The zero-order valence-corrected chi connectivity index (χ0v) is 14.3. The van der Waals surface area contributed by atoms with E-state index in [1.807, 2.05) is 53.1 Å². The Kier molecular flexibility index (Phi) is 3.65. The Balaban J connectivity index is 1.89. The molecule has 3 nitrogen and oxygen atoms in total. The van der Waals surface area contributed by atoms with Crippen molar-refractivity contribution in [2.45, 2.75) is 22.6 Å². The highest BCUT2D eigenvalue weighted by Gasteiger charge is 2.41. The number of halogens is 1. The van der Waals surface area contributed by atoms with E-state index >= 15 is 0 Å². The second kappa shape index (κ2) is 5.56. The largest absolute Gasteiger partial charge is 0.358 e. The molecule has 4 rings (SSSR count). The fraction of sp³-hybridized carbons (Fsp3) is 0.222. The lowest BCUT2D eigenvalue weighted by Crippen LogP contribution is -2.57. The number of hydrogen-bond donors (Lipinski definition) is 1. The van der Waals surface area contributed by atoms with Crippen molar-refractivity contribution in [3.05, 3.63) is 59.6 Å². The molecular weight excluding hydrogens is 328 g/mol. The number of fused-ring (bicyclic) bond motifs is 2. The van der Waals surface area contributed by atoms with Gasteiger partial charge in [0.05, 0.1) is 11.4 Å². The third-order valence-electron chi connectivity index (χ3n) is 4.33. The van der Waals surface area contributed by atoms with Crippen molar-refractivity contribution in [3.8, 4) is 0 Å². The molecule has 0 radical (unpaired) electrons.